The fourth-order valence-corrected chi connectivity index (χ4v) is 2.56. The number of anilines is 1. The van der Waals surface area contributed by atoms with Crippen LogP contribution in [0.25, 0.3) is 0 Å². The zero-order valence-corrected chi connectivity index (χ0v) is 16.3. The van der Waals surface area contributed by atoms with Crippen molar-refractivity contribution < 1.29 is 18.3 Å². The minimum absolute atomic E-state index is 0.0198. The van der Waals surface area contributed by atoms with Crippen molar-refractivity contribution in [1.82, 2.24) is 15.3 Å². The van der Waals surface area contributed by atoms with Crippen LogP contribution in [0.3, 0.4) is 0 Å². The molecule has 3 aromatic rings. The van der Waals surface area contributed by atoms with E-state index in [2.05, 4.69) is 20.6 Å². The van der Waals surface area contributed by atoms with Crippen molar-refractivity contribution in [2.75, 3.05) is 12.4 Å². The van der Waals surface area contributed by atoms with E-state index in [9.17, 15) is 8.78 Å². The molecule has 0 saturated carbocycles. The Bertz CT molecular complexity index is 1000. The zero-order chi connectivity index (χ0) is 20.6. The van der Waals surface area contributed by atoms with E-state index in [0.717, 1.165) is 11.8 Å². The first-order chi connectivity index (χ1) is 14.0. The maximum Gasteiger partial charge on any atom is 0.318 e. The summed E-state index contributed by atoms with van der Waals surface area (Å²) >= 11 is 5.12. The molecule has 2 aromatic carbocycles. The van der Waals surface area contributed by atoms with E-state index in [4.69, 9.17) is 21.7 Å². The molecule has 29 heavy (non-hydrogen) atoms. The fraction of sp³-hybridized carbons (Fsp3) is 0.150. The lowest BCUT2D eigenvalue weighted by molar-refractivity contribution is 0.279. The van der Waals surface area contributed by atoms with Gasteiger partial charge in [-0.2, -0.15) is 4.98 Å². The lowest BCUT2D eigenvalue weighted by Gasteiger charge is -2.12. The van der Waals surface area contributed by atoms with Gasteiger partial charge in [-0.25, -0.2) is 13.8 Å². The molecular weight excluding hydrogens is 398 g/mol. The lowest BCUT2D eigenvalue weighted by Crippen LogP contribution is -2.29. The molecule has 3 rings (SSSR count). The van der Waals surface area contributed by atoms with Gasteiger partial charge in [-0.1, -0.05) is 30.3 Å². The molecule has 0 aliphatic carbocycles. The maximum absolute atomic E-state index is 14.0. The highest BCUT2D eigenvalue weighted by molar-refractivity contribution is 7.80. The Morgan fingerprint density at radius 3 is 2.72 bits per heavy atom. The predicted molar refractivity (Wildman–Crippen MR) is 109 cm³/mol. The molecule has 9 heteroatoms. The highest BCUT2D eigenvalue weighted by Crippen LogP contribution is 2.17. The molecule has 0 atom stereocenters. The third kappa shape index (κ3) is 5.82. The topological polar surface area (TPSA) is 68.3 Å². The van der Waals surface area contributed by atoms with Crippen LogP contribution in [-0.4, -0.2) is 22.2 Å². The van der Waals surface area contributed by atoms with Crippen LogP contribution >= 0.6 is 12.2 Å². The van der Waals surface area contributed by atoms with Gasteiger partial charge in [0.2, 0.25) is 0 Å². The van der Waals surface area contributed by atoms with Gasteiger partial charge in [0.15, 0.2) is 16.7 Å². The fourth-order valence-electron chi connectivity index (χ4n) is 2.39. The second-order valence-electron chi connectivity index (χ2n) is 5.89. The third-order valence-corrected chi connectivity index (χ3v) is 4.10. The summed E-state index contributed by atoms with van der Waals surface area (Å²) in [6.45, 7) is 0.322. The first kappa shape index (κ1) is 20.4. The molecule has 0 aliphatic rings. The average Bonchev–Trinajstić information content (AvgIpc) is 2.74. The largest absolute Gasteiger partial charge is 0.497 e. The summed E-state index contributed by atoms with van der Waals surface area (Å²) in [5.74, 6) is -0.510. The molecule has 0 aliphatic heterocycles. The van der Waals surface area contributed by atoms with Crippen molar-refractivity contribution in [3.8, 4) is 11.8 Å². The Morgan fingerprint density at radius 2 is 1.93 bits per heavy atom. The van der Waals surface area contributed by atoms with E-state index in [1.165, 1.54) is 6.07 Å². The molecule has 0 amide bonds. The van der Waals surface area contributed by atoms with Gasteiger partial charge in [0.1, 0.15) is 18.2 Å². The highest BCUT2D eigenvalue weighted by atomic mass is 32.1. The summed E-state index contributed by atoms with van der Waals surface area (Å²) in [5, 5.41) is 5.52. The quantitative estimate of drug-likeness (QED) is 0.568. The smallest absolute Gasteiger partial charge is 0.318 e. The lowest BCUT2D eigenvalue weighted by atomic mass is 10.2. The van der Waals surface area contributed by atoms with Crippen LogP contribution < -0.4 is 20.1 Å². The molecule has 0 radical (unpaired) electrons. The number of aromatic nitrogens is 2. The van der Waals surface area contributed by atoms with Crippen LogP contribution in [0.1, 0.15) is 11.1 Å². The number of methoxy groups -OCH3 is 1. The van der Waals surface area contributed by atoms with Gasteiger partial charge >= 0.3 is 6.01 Å². The standard InChI is InChI=1S/C20H18F2N4O2S/c1-27-15-7-4-5-13(9-15)12-28-19-23-11-17(22)18(25-19)26-20(29)24-10-14-6-2-3-8-16(14)21/h2-9,11H,10,12H2,1H3,(H2,23,24,25,26,29). The third-order valence-electron chi connectivity index (χ3n) is 3.85. The van der Waals surface area contributed by atoms with E-state index < -0.39 is 5.82 Å². The number of thiocarbonyl (C=S) groups is 1. The summed E-state index contributed by atoms with van der Waals surface area (Å²) < 4.78 is 38.3. The monoisotopic (exact) mass is 416 g/mol. The van der Waals surface area contributed by atoms with Gasteiger partial charge in [0, 0.05) is 12.1 Å². The summed E-state index contributed by atoms with van der Waals surface area (Å²) in [5.41, 5.74) is 1.27. The van der Waals surface area contributed by atoms with Crippen LogP contribution in [0.5, 0.6) is 11.8 Å². The van der Waals surface area contributed by atoms with Gasteiger partial charge in [-0.15, -0.1) is 0 Å². The SMILES string of the molecule is COc1cccc(COc2ncc(F)c(NC(=S)NCc3ccccc3F)n2)c1. The van der Waals surface area contributed by atoms with E-state index >= 15 is 0 Å². The molecular formula is C20H18F2N4O2S. The predicted octanol–water partition coefficient (Wildman–Crippen LogP) is 3.83. The summed E-state index contributed by atoms with van der Waals surface area (Å²) in [7, 11) is 1.57. The highest BCUT2D eigenvalue weighted by Gasteiger charge is 2.10. The van der Waals surface area contributed by atoms with Crippen molar-refractivity contribution in [2.45, 2.75) is 13.2 Å². The normalized spacial score (nSPS) is 10.3. The van der Waals surface area contributed by atoms with Gasteiger partial charge in [0.25, 0.3) is 0 Å². The Morgan fingerprint density at radius 1 is 1.10 bits per heavy atom. The summed E-state index contributed by atoms with van der Waals surface area (Å²) in [6, 6.07) is 13.6. The van der Waals surface area contributed by atoms with Gasteiger partial charge in [0.05, 0.1) is 13.3 Å². The van der Waals surface area contributed by atoms with Crippen LogP contribution in [0.2, 0.25) is 0 Å². The number of ether oxygens (including phenoxy) is 2. The molecule has 0 bridgehead atoms. The van der Waals surface area contributed by atoms with Crippen molar-refractivity contribution in [3.63, 3.8) is 0 Å². The molecule has 0 unspecified atom stereocenters. The molecule has 1 aromatic heterocycles. The van der Waals surface area contributed by atoms with E-state index in [-0.39, 0.29) is 35.9 Å². The Hall–Kier alpha value is -3.33. The minimum atomic E-state index is -0.700. The van der Waals surface area contributed by atoms with E-state index in [1.807, 2.05) is 24.3 Å². The van der Waals surface area contributed by atoms with Crippen molar-refractivity contribution in [1.29, 1.82) is 0 Å². The zero-order valence-electron chi connectivity index (χ0n) is 15.5. The van der Waals surface area contributed by atoms with E-state index in [0.29, 0.717) is 11.3 Å². The molecule has 0 saturated heterocycles. The van der Waals surface area contributed by atoms with Crippen molar-refractivity contribution in [3.05, 3.63) is 77.5 Å². The average molecular weight is 416 g/mol. The van der Waals surface area contributed by atoms with Gasteiger partial charge < -0.3 is 20.1 Å². The second kappa shape index (κ2) is 9.74. The number of nitrogens with zero attached hydrogens (tertiary/aromatic N) is 2. The Balaban J connectivity index is 1.59. The molecule has 150 valence electrons. The van der Waals surface area contributed by atoms with E-state index in [1.54, 1.807) is 25.3 Å². The van der Waals surface area contributed by atoms with Crippen molar-refractivity contribution in [2.24, 2.45) is 0 Å². The first-order valence-electron chi connectivity index (χ1n) is 8.61. The van der Waals surface area contributed by atoms with Crippen LogP contribution in [0.4, 0.5) is 14.6 Å². The Labute approximate surface area is 171 Å². The molecule has 2 N–H and O–H groups in total. The first-order valence-corrected chi connectivity index (χ1v) is 9.02. The van der Waals surface area contributed by atoms with Gasteiger partial charge in [-0.3, -0.25) is 0 Å². The van der Waals surface area contributed by atoms with Crippen LogP contribution in [-0.2, 0) is 13.2 Å². The van der Waals surface area contributed by atoms with Crippen LogP contribution in [0, 0.1) is 11.6 Å². The summed E-state index contributed by atoms with van der Waals surface area (Å²) in [4.78, 5) is 7.81. The number of hydrogen-bond donors (Lipinski definition) is 2. The molecule has 0 spiro atoms. The second-order valence-corrected chi connectivity index (χ2v) is 6.30. The summed E-state index contributed by atoms with van der Waals surface area (Å²) in [6.07, 6.45) is 0.982. The number of benzene rings is 2. The minimum Gasteiger partial charge on any atom is -0.497 e. The van der Waals surface area contributed by atoms with Gasteiger partial charge in [-0.05, 0) is 36.0 Å². The number of halogens is 2. The number of nitrogens with one attached hydrogen (secondary N) is 2. The van der Waals surface area contributed by atoms with Crippen molar-refractivity contribution >= 4 is 23.1 Å². The molecule has 6 nitrogen and oxygen atoms in total. The number of hydrogen-bond acceptors (Lipinski definition) is 5. The Kier molecular flexibility index (Phi) is 6.85. The van der Waals surface area contributed by atoms with Crippen LogP contribution in [0.15, 0.2) is 54.7 Å². The number of rotatable bonds is 7. The maximum atomic E-state index is 14.0. The molecule has 0 fully saturated rings. The molecule has 1 heterocycles.